The molecule has 8 atom stereocenters. The Hall–Kier alpha value is -13.3. The second-order valence-corrected chi connectivity index (χ2v) is 35.5. The maximum absolute atomic E-state index is 12.7. The van der Waals surface area contributed by atoms with E-state index in [1.165, 1.54) is 0 Å². The van der Waals surface area contributed by atoms with Crippen molar-refractivity contribution in [2.24, 2.45) is 18.9 Å². The van der Waals surface area contributed by atoms with Crippen molar-refractivity contribution in [2.75, 3.05) is 42.1 Å². The second kappa shape index (κ2) is 43.0. The van der Waals surface area contributed by atoms with Crippen LogP contribution >= 0.6 is 0 Å². The summed E-state index contributed by atoms with van der Waals surface area (Å²) in [5, 5.41) is 25.6. The molecule has 129 heavy (non-hydrogen) atoms. The number of fused-ring (bicyclic) bond motifs is 4. The molecule has 1 saturated carbocycles. The number of aryl methyl sites for hydroxylation is 2. The van der Waals surface area contributed by atoms with E-state index < -0.39 is 24.4 Å². The first-order valence-electron chi connectivity index (χ1n) is 44.6. The molecule has 27 nitrogen and oxygen atoms in total. The van der Waals surface area contributed by atoms with Crippen LogP contribution in [0.5, 0.6) is 0 Å². The first-order chi connectivity index (χ1) is 61.3. The first kappa shape index (κ1) is 96.3. The van der Waals surface area contributed by atoms with Gasteiger partial charge in [-0.1, -0.05) is 92.2 Å². The predicted octanol–water partition coefficient (Wildman–Crippen LogP) is 20.4. The van der Waals surface area contributed by atoms with E-state index >= 15 is 0 Å². The van der Waals surface area contributed by atoms with E-state index in [-0.39, 0.29) is 114 Å². The maximum Gasteiger partial charge on any atom is 0.407 e. The van der Waals surface area contributed by atoms with Crippen molar-refractivity contribution in [1.82, 2.24) is 31.0 Å². The molecule has 8 aromatic carbocycles. The molecule has 1 fully saturated rings. The Kier molecular flexibility index (Phi) is 32.1. The summed E-state index contributed by atoms with van der Waals surface area (Å²) in [6.45, 7) is 35.9. The number of hydrogen-bond acceptors (Lipinski definition) is 16. The lowest BCUT2D eigenvalue weighted by Crippen LogP contribution is -2.45. The number of amides is 10. The van der Waals surface area contributed by atoms with Gasteiger partial charge in [-0.15, -0.1) is 0 Å². The minimum Gasteiger partial charge on any atom is -0.447 e. The van der Waals surface area contributed by atoms with Gasteiger partial charge in [0.05, 0.1) is 54.3 Å². The summed E-state index contributed by atoms with van der Waals surface area (Å²) in [6.07, 6.45) is 3.35. The fourth-order valence-corrected chi connectivity index (χ4v) is 17.0. The van der Waals surface area contributed by atoms with Gasteiger partial charge in [-0.3, -0.25) is 33.4 Å². The zero-order valence-electron chi connectivity index (χ0n) is 77.8. The van der Waals surface area contributed by atoms with E-state index in [9.17, 15) is 47.9 Å². The fraction of sp³-hybridized carbons (Fsp3) is 0.402. The van der Waals surface area contributed by atoms with Gasteiger partial charge in [0.15, 0.2) is 0 Å². The predicted molar refractivity (Wildman–Crippen MR) is 507 cm³/mol. The highest BCUT2D eigenvalue weighted by Gasteiger charge is 2.40. The number of aromatic nitrogens is 2. The summed E-state index contributed by atoms with van der Waals surface area (Å²) < 4.78 is 23.0. The number of ether oxygens (including phenoxy) is 4. The van der Waals surface area contributed by atoms with Crippen LogP contribution in [-0.4, -0.2) is 125 Å². The fourth-order valence-electron chi connectivity index (χ4n) is 17.0. The summed E-state index contributed by atoms with van der Waals surface area (Å²) in [5.41, 5.74) is 18.7. The molecule has 0 bridgehead atoms. The summed E-state index contributed by atoms with van der Waals surface area (Å²) in [7, 11) is 1.88. The summed E-state index contributed by atoms with van der Waals surface area (Å²) in [6, 6.07) is 55.6. The van der Waals surface area contributed by atoms with Crippen LogP contribution in [0.15, 0.2) is 182 Å². The van der Waals surface area contributed by atoms with E-state index in [1.54, 1.807) is 79.3 Å². The number of nitrogens with one attached hydrogen (secondary N) is 7. The van der Waals surface area contributed by atoms with Crippen molar-refractivity contribution in [2.45, 2.75) is 243 Å². The van der Waals surface area contributed by atoms with E-state index in [1.807, 2.05) is 228 Å². The highest BCUT2D eigenvalue weighted by molar-refractivity contribution is 6.05. The number of rotatable bonds is 19. The van der Waals surface area contributed by atoms with E-state index in [2.05, 4.69) is 80.4 Å². The maximum atomic E-state index is 12.7. The number of benzene rings is 8. The minimum atomic E-state index is -0.486. The Morgan fingerprint density at radius 2 is 0.690 bits per heavy atom. The number of hydrogen-bond donors (Lipinski definition) is 7. The molecule has 7 N–H and O–H groups in total. The summed E-state index contributed by atoms with van der Waals surface area (Å²) in [5.74, 6) is 0.469. The lowest BCUT2D eigenvalue weighted by molar-refractivity contribution is -0.118. The molecule has 682 valence electrons. The molecule has 0 saturated heterocycles. The third-order valence-electron chi connectivity index (χ3n) is 22.8. The van der Waals surface area contributed by atoms with Gasteiger partial charge in [-0.2, -0.15) is 5.10 Å². The van der Waals surface area contributed by atoms with Gasteiger partial charge >= 0.3 is 24.4 Å². The van der Waals surface area contributed by atoms with Gasteiger partial charge < -0.3 is 75.8 Å². The van der Waals surface area contributed by atoms with Crippen LogP contribution in [0.25, 0.3) is 44.6 Å². The Morgan fingerprint density at radius 1 is 0.380 bits per heavy atom. The summed E-state index contributed by atoms with van der Waals surface area (Å²) in [4.78, 5) is 131. The standard InChI is InChI=1S/C30H33N3O4.C26H31N3O4.C26H35N3O3.C20H26N4O3/c1-18(2)37-30(36)32-27-15-20(4)33(21(5)34)28-14-13-24(17-26(27)28)23-7-6-8-25(16-23)31-29(35)22-11-9-19(3)10-12-22;1-15(2)33-26(32)28-23-12-16(3)29(17(4)30)24-11-10-20(14-22(23)24)19-6-5-7-21(13-19)27-25(31)18-8-9-18;1-16(2)15-27-22-9-7-8-20(13-22)21-10-11-25-23(14-21)24(28-26(31)32-17(3)4)12-18(5)29(25)19(6)30;1-12(2)27-20(26)22-17-10-13(3)24(14(4)25)19-7-6-15(11-16(17)19)18-8-9-21-23(18)5/h6-14,16-18,20,27H,15H2,1-5H3,(H,31,35)(H,32,36);5-7,10-11,13-16,18,23H,8-9,12H2,1-4H3,(H,27,31)(H,28,32);7-11,13-14,16-18,24,27H,12,15H2,1-6H3,(H,28,31);6-9,11-13,17H,10H2,1-5H3,(H,22,26)/t20-,27+;16-,23+;18-,24+;13-,17+/m0000/s1. The molecule has 5 heterocycles. The van der Waals surface area contributed by atoms with Gasteiger partial charge in [0.1, 0.15) is 0 Å². The average molecular weight is 1760 g/mol. The molecular formula is C102H125N13O14. The number of alkyl carbamates (subject to hydrolysis) is 4. The molecule has 9 aromatic rings. The largest absolute Gasteiger partial charge is 0.447 e. The molecule has 4 aliphatic heterocycles. The summed E-state index contributed by atoms with van der Waals surface area (Å²) >= 11 is 0. The van der Waals surface area contributed by atoms with Gasteiger partial charge in [0.2, 0.25) is 29.5 Å². The van der Waals surface area contributed by atoms with Crippen molar-refractivity contribution in [1.29, 1.82) is 0 Å². The van der Waals surface area contributed by atoms with Crippen LogP contribution in [0.4, 0.5) is 59.0 Å². The Balaban J connectivity index is 0.000000167. The molecule has 5 aliphatic rings. The van der Waals surface area contributed by atoms with Crippen LogP contribution in [-0.2, 0) is 50.0 Å². The number of nitrogens with zero attached hydrogens (tertiary/aromatic N) is 6. The normalized spacial score (nSPS) is 18.2. The van der Waals surface area contributed by atoms with Gasteiger partial charge in [-0.05, 0) is 293 Å². The molecule has 1 aromatic heterocycles. The number of carbonyl (C=O) groups excluding carboxylic acids is 10. The Bertz CT molecular complexity index is 5560. The quantitative estimate of drug-likeness (QED) is 0.0370. The molecular weight excluding hydrogens is 1630 g/mol. The van der Waals surface area contributed by atoms with Crippen molar-refractivity contribution in [3.63, 3.8) is 0 Å². The van der Waals surface area contributed by atoms with Gasteiger partial charge in [0.25, 0.3) is 5.91 Å². The van der Waals surface area contributed by atoms with Crippen LogP contribution < -0.4 is 56.8 Å². The molecule has 10 amide bonds. The third kappa shape index (κ3) is 25.1. The van der Waals surface area contributed by atoms with Crippen LogP contribution in [0.1, 0.15) is 225 Å². The van der Waals surface area contributed by atoms with E-state index in [0.717, 1.165) is 126 Å². The molecule has 0 unspecified atom stereocenters. The van der Waals surface area contributed by atoms with Gasteiger partial charge in [-0.25, -0.2) is 19.2 Å². The third-order valence-corrected chi connectivity index (χ3v) is 22.8. The second-order valence-electron chi connectivity index (χ2n) is 35.5. The van der Waals surface area contributed by atoms with Gasteiger partial charge in [0, 0.05) is 129 Å². The Morgan fingerprint density at radius 3 is 1.00 bits per heavy atom. The molecule has 27 heteroatoms. The topological polar surface area (TPSA) is 323 Å². The van der Waals surface area contributed by atoms with Crippen LogP contribution in [0.2, 0.25) is 0 Å². The highest BCUT2D eigenvalue weighted by atomic mass is 16.6. The molecule has 1 aliphatic carbocycles. The van der Waals surface area contributed by atoms with E-state index in [0.29, 0.717) is 42.9 Å². The zero-order valence-corrected chi connectivity index (χ0v) is 77.8. The van der Waals surface area contributed by atoms with Crippen molar-refractivity contribution in [3.05, 3.63) is 216 Å². The Labute approximate surface area is 757 Å². The van der Waals surface area contributed by atoms with Crippen molar-refractivity contribution < 1.29 is 66.9 Å². The van der Waals surface area contributed by atoms with Crippen LogP contribution in [0, 0.1) is 18.8 Å². The lowest BCUT2D eigenvalue weighted by Gasteiger charge is -2.39. The average Bonchev–Trinajstić information content (AvgIpc) is 1.51. The van der Waals surface area contributed by atoms with E-state index in [4.69, 9.17) is 18.9 Å². The molecule has 14 rings (SSSR count). The van der Waals surface area contributed by atoms with Crippen molar-refractivity contribution in [3.8, 4) is 44.6 Å². The lowest BCUT2D eigenvalue weighted by atomic mass is 9.89. The zero-order chi connectivity index (χ0) is 93.5. The monoisotopic (exact) mass is 1760 g/mol. The smallest absolute Gasteiger partial charge is 0.407 e. The highest BCUT2D eigenvalue weighted by Crippen LogP contribution is 2.46. The molecule has 0 spiro atoms. The number of anilines is 7. The SMILES string of the molecule is CC(=O)N1c2ccc(-c3cccc(NC(=O)C4CC4)c3)cc2[C@H](NC(=O)OC(C)C)C[C@@H]1C.CC(=O)N1c2ccc(-c3cccc(NC(=O)c4ccc(C)cc4)c3)cc2[C@H](NC(=O)OC(C)C)C[C@@H]1C.CC(=O)N1c2ccc(-c3cccc(NCC(C)C)c3)cc2[C@H](NC(=O)OC(C)C)C[C@@H]1C.CC(=O)N1c2ccc(-c3ccnn3C)cc2[C@H](NC(=O)OC(C)C)C[C@@H]1C. The molecule has 0 radical (unpaired) electrons. The number of carbonyl (C=O) groups is 10. The first-order valence-corrected chi connectivity index (χ1v) is 44.6. The van der Waals surface area contributed by atoms with Crippen molar-refractivity contribution >= 4 is 99.6 Å². The van der Waals surface area contributed by atoms with Crippen LogP contribution in [0.3, 0.4) is 0 Å². The minimum absolute atomic E-state index is 0.00501.